The van der Waals surface area contributed by atoms with Crippen LogP contribution in [0.3, 0.4) is 0 Å². The fraction of sp³-hybridized carbons (Fsp3) is 0.727. The Morgan fingerprint density at radius 1 is 1.24 bits per heavy atom. The molecule has 0 aliphatic heterocycles. The van der Waals surface area contributed by atoms with Gasteiger partial charge in [-0.15, -0.1) is 0 Å². The molecule has 0 heterocycles. The molecule has 29 heavy (non-hydrogen) atoms. The predicted molar refractivity (Wildman–Crippen MR) is 107 cm³/mol. The molecule has 4 rings (SSSR count). The van der Waals surface area contributed by atoms with Crippen molar-refractivity contribution in [3.8, 4) is 5.40 Å². The molecule has 0 saturated heterocycles. The van der Waals surface area contributed by atoms with Crippen molar-refractivity contribution >= 4 is 29.1 Å². The first-order chi connectivity index (χ1) is 13.6. The van der Waals surface area contributed by atoms with E-state index in [1.165, 1.54) is 0 Å². The van der Waals surface area contributed by atoms with E-state index in [9.17, 15) is 29.9 Å². The highest BCUT2D eigenvalue weighted by Crippen LogP contribution is 2.71. The van der Waals surface area contributed by atoms with Gasteiger partial charge in [-0.2, -0.15) is 5.26 Å². The lowest BCUT2D eigenvalue weighted by atomic mass is 9.45. The summed E-state index contributed by atoms with van der Waals surface area (Å²) >= 11 is 1.03. The fourth-order valence-electron chi connectivity index (χ4n) is 7.22. The molecule has 4 aliphatic rings. The number of carbonyl (C=O) groups is 3. The van der Waals surface area contributed by atoms with E-state index < -0.39 is 33.6 Å². The molecule has 0 amide bonds. The number of aliphatic hydroxyl groups is 2. The third-order valence-corrected chi connectivity index (χ3v) is 10.2. The van der Waals surface area contributed by atoms with E-state index in [0.717, 1.165) is 17.3 Å². The molecule has 0 aromatic carbocycles. The zero-order valence-electron chi connectivity index (χ0n) is 16.9. The first-order valence-corrected chi connectivity index (χ1v) is 11.1. The second-order valence-corrected chi connectivity index (χ2v) is 10.7. The number of nitriles is 1. The Bertz CT molecular complexity index is 877. The van der Waals surface area contributed by atoms with Crippen molar-refractivity contribution < 1.29 is 24.6 Å². The van der Waals surface area contributed by atoms with Crippen molar-refractivity contribution in [3.05, 3.63) is 11.6 Å². The van der Waals surface area contributed by atoms with Crippen LogP contribution in [0.4, 0.5) is 0 Å². The maximum absolute atomic E-state index is 13.9. The summed E-state index contributed by atoms with van der Waals surface area (Å²) in [5, 5.41) is 32.6. The highest BCUT2D eigenvalue weighted by molar-refractivity contribution is 8.05. The van der Waals surface area contributed by atoms with Gasteiger partial charge in [0.25, 0.3) is 0 Å². The van der Waals surface area contributed by atoms with E-state index in [0.29, 0.717) is 32.1 Å². The number of thiocyanates is 1. The van der Waals surface area contributed by atoms with Gasteiger partial charge in [0.2, 0.25) is 0 Å². The van der Waals surface area contributed by atoms with Crippen LogP contribution in [0.1, 0.15) is 58.8 Å². The molecule has 7 heteroatoms. The first kappa shape index (κ1) is 20.8. The van der Waals surface area contributed by atoms with Crippen molar-refractivity contribution in [2.75, 3.05) is 6.61 Å². The van der Waals surface area contributed by atoms with Gasteiger partial charge in [0, 0.05) is 23.7 Å². The predicted octanol–water partition coefficient (Wildman–Crippen LogP) is 2.33. The number of carbonyl (C=O) groups excluding carboxylic acids is 3. The van der Waals surface area contributed by atoms with Crippen LogP contribution in [-0.4, -0.2) is 44.5 Å². The van der Waals surface area contributed by atoms with Crippen molar-refractivity contribution in [2.24, 2.45) is 22.7 Å². The van der Waals surface area contributed by atoms with Crippen LogP contribution in [0.5, 0.6) is 0 Å². The van der Waals surface area contributed by atoms with Crippen LogP contribution >= 0.6 is 11.8 Å². The Labute approximate surface area is 174 Å². The summed E-state index contributed by atoms with van der Waals surface area (Å²) in [6, 6.07) is 0. The van der Waals surface area contributed by atoms with Crippen LogP contribution in [0.15, 0.2) is 11.6 Å². The molecule has 4 aliphatic carbocycles. The minimum Gasteiger partial charge on any atom is -0.388 e. The molecular weight excluding hydrogens is 390 g/mol. The SMILES string of the molecule is CC12CCC(=O)C=C1CCC1C3CCC(O)(C(=O)CO)C3(C)CC(=O)C12SC#N. The minimum absolute atomic E-state index is 0.00189. The summed E-state index contributed by atoms with van der Waals surface area (Å²) in [4.78, 5) is 38.4. The minimum atomic E-state index is -1.72. The molecular formula is C22H27NO5S. The van der Waals surface area contributed by atoms with Crippen molar-refractivity contribution in [3.63, 3.8) is 0 Å². The zero-order valence-corrected chi connectivity index (χ0v) is 17.7. The van der Waals surface area contributed by atoms with Crippen LogP contribution in [0, 0.1) is 33.3 Å². The summed E-state index contributed by atoms with van der Waals surface area (Å²) in [5.41, 5.74) is -2.28. The largest absolute Gasteiger partial charge is 0.388 e. The van der Waals surface area contributed by atoms with Crippen LogP contribution in [0.25, 0.3) is 0 Å². The third-order valence-electron chi connectivity index (χ3n) is 8.80. The van der Waals surface area contributed by atoms with Gasteiger partial charge < -0.3 is 10.2 Å². The number of nitrogens with zero attached hydrogens (tertiary/aromatic N) is 1. The molecule has 6 unspecified atom stereocenters. The average Bonchev–Trinajstić information content (AvgIpc) is 2.94. The second kappa shape index (κ2) is 6.50. The van der Waals surface area contributed by atoms with E-state index >= 15 is 0 Å². The summed E-state index contributed by atoms with van der Waals surface area (Å²) < 4.78 is -0.968. The van der Waals surface area contributed by atoms with E-state index in [1.807, 2.05) is 6.92 Å². The lowest BCUT2D eigenvalue weighted by molar-refractivity contribution is -0.167. The first-order valence-electron chi connectivity index (χ1n) is 10.3. The molecule has 0 bridgehead atoms. The summed E-state index contributed by atoms with van der Waals surface area (Å²) in [7, 11) is 0. The fourth-order valence-corrected chi connectivity index (χ4v) is 8.44. The summed E-state index contributed by atoms with van der Waals surface area (Å²) in [5.74, 6) is -0.917. The van der Waals surface area contributed by atoms with Crippen molar-refractivity contribution in [1.29, 1.82) is 5.26 Å². The van der Waals surface area contributed by atoms with E-state index in [-0.39, 0.29) is 36.2 Å². The Balaban J connectivity index is 1.87. The molecule has 3 fully saturated rings. The Morgan fingerprint density at radius 3 is 2.62 bits per heavy atom. The molecule has 0 radical (unpaired) electrons. The summed E-state index contributed by atoms with van der Waals surface area (Å²) in [6.45, 7) is 3.07. The van der Waals surface area contributed by atoms with Gasteiger partial charge in [-0.25, -0.2) is 0 Å². The number of Topliss-reactive ketones (excluding diaryl/α,β-unsaturated/α-hetero) is 2. The quantitative estimate of drug-likeness (QED) is 0.677. The number of rotatable bonds is 3. The normalized spacial score (nSPS) is 46.2. The molecule has 0 aromatic heterocycles. The maximum Gasteiger partial charge on any atom is 0.190 e. The van der Waals surface area contributed by atoms with Crippen LogP contribution < -0.4 is 0 Å². The van der Waals surface area contributed by atoms with Gasteiger partial charge in [0.15, 0.2) is 17.3 Å². The molecule has 0 aromatic rings. The highest BCUT2D eigenvalue weighted by atomic mass is 32.2. The van der Waals surface area contributed by atoms with E-state index in [1.54, 1.807) is 13.0 Å². The Hall–Kier alpha value is -1.49. The summed E-state index contributed by atoms with van der Waals surface area (Å²) in [6.07, 6.45) is 4.73. The standard InChI is InChI=1S/C22H27NO5S/c1-19-7-5-14(25)9-13(19)3-4-16-15-6-8-21(28,18(27)11-24)20(15,2)10-17(26)22(16,19)29-12-23/h9,15-16,24,28H,3-8,10-11H2,1-2H3. The molecule has 6 nitrogen and oxygen atoms in total. The molecule has 3 saturated carbocycles. The Morgan fingerprint density at radius 2 is 1.97 bits per heavy atom. The average molecular weight is 418 g/mol. The van der Waals surface area contributed by atoms with Gasteiger partial charge in [-0.05, 0) is 61.8 Å². The van der Waals surface area contributed by atoms with Gasteiger partial charge in [0.1, 0.15) is 22.4 Å². The topological polar surface area (TPSA) is 115 Å². The number of aliphatic hydroxyl groups excluding tert-OH is 1. The lowest BCUT2D eigenvalue weighted by Gasteiger charge is -2.63. The number of hydrogen-bond donors (Lipinski definition) is 2. The van der Waals surface area contributed by atoms with Crippen LogP contribution in [0.2, 0.25) is 0 Å². The number of thioether (sulfide) groups is 1. The molecule has 6 atom stereocenters. The molecule has 0 spiro atoms. The van der Waals surface area contributed by atoms with Gasteiger partial charge in [0.05, 0.1) is 0 Å². The van der Waals surface area contributed by atoms with E-state index in [2.05, 4.69) is 5.40 Å². The molecule has 2 N–H and O–H groups in total. The van der Waals surface area contributed by atoms with Gasteiger partial charge in [-0.3, -0.25) is 14.4 Å². The highest BCUT2D eigenvalue weighted by Gasteiger charge is 2.74. The number of allylic oxidation sites excluding steroid dienone is 1. The smallest absolute Gasteiger partial charge is 0.190 e. The second-order valence-electron chi connectivity index (χ2n) is 9.65. The number of ketones is 3. The number of fused-ring (bicyclic) bond motifs is 5. The zero-order chi connectivity index (χ0) is 21.2. The maximum atomic E-state index is 13.9. The molecule has 156 valence electrons. The monoisotopic (exact) mass is 417 g/mol. The van der Waals surface area contributed by atoms with Gasteiger partial charge in [-0.1, -0.05) is 19.4 Å². The number of hydrogen-bond acceptors (Lipinski definition) is 7. The third kappa shape index (κ3) is 2.34. The van der Waals surface area contributed by atoms with Crippen molar-refractivity contribution in [1.82, 2.24) is 0 Å². The van der Waals surface area contributed by atoms with Crippen LogP contribution in [-0.2, 0) is 14.4 Å². The van der Waals surface area contributed by atoms with Crippen molar-refractivity contribution in [2.45, 2.75) is 69.1 Å². The Kier molecular flexibility index (Phi) is 4.66. The van der Waals surface area contributed by atoms with E-state index in [4.69, 9.17) is 0 Å². The van der Waals surface area contributed by atoms with Gasteiger partial charge >= 0.3 is 0 Å². The lowest BCUT2D eigenvalue weighted by Crippen LogP contribution is -2.68.